The Kier molecular flexibility index (Phi) is 6.49. The van der Waals surface area contributed by atoms with E-state index < -0.39 is 0 Å². The number of aliphatic hydroxyl groups is 1. The molecular weight excluding hydrogens is 270 g/mol. The summed E-state index contributed by atoms with van der Waals surface area (Å²) in [5.41, 5.74) is 0.690. The lowest BCUT2D eigenvalue weighted by atomic mass is 10.1. The van der Waals surface area contributed by atoms with Crippen molar-refractivity contribution in [3.63, 3.8) is 0 Å². The molecule has 2 heterocycles. The number of nitrogens with zero attached hydrogens (tertiary/aromatic N) is 3. The third kappa shape index (κ3) is 5.73. The van der Waals surface area contributed by atoms with Crippen LogP contribution in [0.3, 0.4) is 0 Å². The Labute approximate surface area is 125 Å². The Morgan fingerprint density at radius 3 is 2.86 bits per heavy atom. The van der Waals surface area contributed by atoms with E-state index in [1.165, 1.54) is 32.4 Å². The first-order valence-corrected chi connectivity index (χ1v) is 7.68. The average Bonchev–Trinajstić information content (AvgIpc) is 2.94. The minimum atomic E-state index is -0.265. The predicted octanol–water partition coefficient (Wildman–Crippen LogP) is 0.873. The number of urea groups is 1. The third-order valence-corrected chi connectivity index (χ3v) is 3.61. The van der Waals surface area contributed by atoms with Crippen LogP contribution in [0.4, 0.5) is 10.5 Å². The molecule has 7 nitrogen and oxygen atoms in total. The van der Waals surface area contributed by atoms with E-state index in [1.54, 1.807) is 6.20 Å². The summed E-state index contributed by atoms with van der Waals surface area (Å²) in [6.07, 6.45) is 7.98. The van der Waals surface area contributed by atoms with Gasteiger partial charge in [0.15, 0.2) is 0 Å². The Hall–Kier alpha value is -1.60. The van der Waals surface area contributed by atoms with Crippen molar-refractivity contribution in [1.82, 2.24) is 20.0 Å². The van der Waals surface area contributed by atoms with Crippen LogP contribution >= 0.6 is 0 Å². The lowest BCUT2D eigenvalue weighted by Crippen LogP contribution is -2.32. The number of piperidine rings is 1. The molecule has 0 unspecified atom stereocenters. The highest BCUT2D eigenvalue weighted by Crippen LogP contribution is 2.09. The van der Waals surface area contributed by atoms with Crippen LogP contribution in [-0.2, 0) is 6.54 Å². The molecule has 0 radical (unpaired) electrons. The Morgan fingerprint density at radius 2 is 2.10 bits per heavy atom. The lowest BCUT2D eigenvalue weighted by Gasteiger charge is -2.26. The quantitative estimate of drug-likeness (QED) is 0.652. The number of hydrogen-bond acceptors (Lipinski definition) is 4. The Morgan fingerprint density at radius 1 is 1.29 bits per heavy atom. The summed E-state index contributed by atoms with van der Waals surface area (Å²) in [5.74, 6) is 0. The fourth-order valence-electron chi connectivity index (χ4n) is 2.43. The van der Waals surface area contributed by atoms with Gasteiger partial charge in [-0.05, 0) is 32.4 Å². The first kappa shape index (κ1) is 15.8. The number of carbonyl (C=O) groups excluding carboxylic acids is 1. The molecule has 0 aliphatic carbocycles. The van der Waals surface area contributed by atoms with Gasteiger partial charge in [0.1, 0.15) is 0 Å². The zero-order valence-corrected chi connectivity index (χ0v) is 12.4. The van der Waals surface area contributed by atoms with E-state index in [1.807, 2.05) is 10.9 Å². The summed E-state index contributed by atoms with van der Waals surface area (Å²) >= 11 is 0. The zero-order valence-electron chi connectivity index (χ0n) is 12.4. The number of carbonyl (C=O) groups is 1. The van der Waals surface area contributed by atoms with Gasteiger partial charge in [-0.15, -0.1) is 0 Å². The number of rotatable bonds is 7. The zero-order chi connectivity index (χ0) is 14.9. The summed E-state index contributed by atoms with van der Waals surface area (Å²) < 4.78 is 1.86. The van der Waals surface area contributed by atoms with Crippen molar-refractivity contribution < 1.29 is 9.90 Å². The molecule has 21 heavy (non-hydrogen) atoms. The second-order valence-corrected chi connectivity index (χ2v) is 5.35. The second kappa shape index (κ2) is 8.63. The normalized spacial score (nSPS) is 15.9. The Bertz CT molecular complexity index is 429. The van der Waals surface area contributed by atoms with Crippen molar-refractivity contribution in [2.24, 2.45) is 0 Å². The van der Waals surface area contributed by atoms with E-state index in [0.29, 0.717) is 18.7 Å². The van der Waals surface area contributed by atoms with Crippen LogP contribution in [0, 0.1) is 0 Å². The van der Waals surface area contributed by atoms with Crippen LogP contribution in [0.1, 0.15) is 25.7 Å². The summed E-state index contributed by atoms with van der Waals surface area (Å²) in [4.78, 5) is 14.0. The molecule has 1 aromatic heterocycles. The summed E-state index contributed by atoms with van der Waals surface area (Å²) in [5, 5.41) is 18.3. The molecule has 118 valence electrons. The van der Waals surface area contributed by atoms with Crippen molar-refractivity contribution in [1.29, 1.82) is 0 Å². The van der Waals surface area contributed by atoms with E-state index in [-0.39, 0.29) is 12.6 Å². The molecule has 1 aliphatic rings. The maximum Gasteiger partial charge on any atom is 0.319 e. The number of nitrogens with one attached hydrogen (secondary N) is 2. The van der Waals surface area contributed by atoms with Gasteiger partial charge in [-0.1, -0.05) is 6.42 Å². The SMILES string of the molecule is O=C(NCCCO)Nc1cnn(CCN2CCCCC2)c1. The van der Waals surface area contributed by atoms with Crippen molar-refractivity contribution in [3.8, 4) is 0 Å². The van der Waals surface area contributed by atoms with Crippen LogP contribution in [0.25, 0.3) is 0 Å². The number of aromatic nitrogens is 2. The molecule has 0 saturated carbocycles. The van der Waals surface area contributed by atoms with Gasteiger partial charge in [-0.2, -0.15) is 5.10 Å². The molecule has 1 aromatic rings. The molecule has 0 atom stereocenters. The first-order chi connectivity index (χ1) is 10.3. The molecule has 1 fully saturated rings. The smallest absolute Gasteiger partial charge is 0.319 e. The van der Waals surface area contributed by atoms with Gasteiger partial charge in [0.2, 0.25) is 0 Å². The standard InChI is InChI=1S/C14H25N5O2/c20-10-4-5-15-14(21)17-13-11-16-19(12-13)9-8-18-6-2-1-3-7-18/h11-12,20H,1-10H2,(H2,15,17,21). The number of hydrogen-bond donors (Lipinski definition) is 3. The Balaban J connectivity index is 1.69. The van der Waals surface area contributed by atoms with Gasteiger partial charge in [0, 0.05) is 25.9 Å². The van der Waals surface area contributed by atoms with E-state index >= 15 is 0 Å². The molecular formula is C14H25N5O2. The number of aliphatic hydroxyl groups excluding tert-OH is 1. The van der Waals surface area contributed by atoms with Gasteiger partial charge in [-0.3, -0.25) is 4.68 Å². The third-order valence-electron chi connectivity index (χ3n) is 3.61. The van der Waals surface area contributed by atoms with Crippen LogP contribution in [0.15, 0.2) is 12.4 Å². The molecule has 2 rings (SSSR count). The molecule has 3 N–H and O–H groups in total. The first-order valence-electron chi connectivity index (χ1n) is 7.68. The van der Waals surface area contributed by atoms with Crippen LogP contribution in [-0.4, -0.2) is 58.6 Å². The van der Waals surface area contributed by atoms with Gasteiger partial charge in [0.05, 0.1) is 18.4 Å². The molecule has 0 aromatic carbocycles. The van der Waals surface area contributed by atoms with Gasteiger partial charge >= 0.3 is 6.03 Å². The van der Waals surface area contributed by atoms with Crippen molar-refractivity contribution in [2.45, 2.75) is 32.2 Å². The number of amides is 2. The largest absolute Gasteiger partial charge is 0.396 e. The fraction of sp³-hybridized carbons (Fsp3) is 0.714. The average molecular weight is 295 g/mol. The van der Waals surface area contributed by atoms with E-state index in [2.05, 4.69) is 20.6 Å². The highest BCUT2D eigenvalue weighted by atomic mass is 16.3. The maximum atomic E-state index is 11.6. The monoisotopic (exact) mass is 295 g/mol. The fourth-order valence-corrected chi connectivity index (χ4v) is 2.43. The summed E-state index contributed by atoms with van der Waals surface area (Å²) in [6, 6.07) is -0.265. The summed E-state index contributed by atoms with van der Waals surface area (Å²) in [7, 11) is 0. The van der Waals surface area contributed by atoms with E-state index in [4.69, 9.17) is 5.11 Å². The molecule has 7 heteroatoms. The van der Waals surface area contributed by atoms with Crippen molar-refractivity contribution in [2.75, 3.05) is 38.1 Å². The van der Waals surface area contributed by atoms with Crippen LogP contribution in [0.2, 0.25) is 0 Å². The predicted molar refractivity (Wildman–Crippen MR) is 81.2 cm³/mol. The molecule has 0 spiro atoms. The minimum absolute atomic E-state index is 0.0781. The highest BCUT2D eigenvalue weighted by Gasteiger charge is 2.10. The second-order valence-electron chi connectivity index (χ2n) is 5.35. The van der Waals surface area contributed by atoms with E-state index in [9.17, 15) is 4.79 Å². The van der Waals surface area contributed by atoms with Crippen LogP contribution < -0.4 is 10.6 Å². The van der Waals surface area contributed by atoms with Crippen molar-refractivity contribution in [3.05, 3.63) is 12.4 Å². The van der Waals surface area contributed by atoms with E-state index in [0.717, 1.165) is 13.1 Å². The molecule has 2 amide bonds. The molecule has 1 aliphatic heterocycles. The lowest BCUT2D eigenvalue weighted by molar-refractivity contribution is 0.218. The minimum Gasteiger partial charge on any atom is -0.396 e. The van der Waals surface area contributed by atoms with Gasteiger partial charge in [-0.25, -0.2) is 4.79 Å². The van der Waals surface area contributed by atoms with Crippen molar-refractivity contribution >= 4 is 11.7 Å². The maximum absolute atomic E-state index is 11.6. The number of likely N-dealkylation sites (tertiary alicyclic amines) is 1. The number of anilines is 1. The molecule has 0 bridgehead atoms. The van der Waals surface area contributed by atoms with Gasteiger partial charge in [0.25, 0.3) is 0 Å². The topological polar surface area (TPSA) is 82.4 Å². The highest BCUT2D eigenvalue weighted by molar-refractivity contribution is 5.88. The van der Waals surface area contributed by atoms with Crippen LogP contribution in [0.5, 0.6) is 0 Å². The molecule has 1 saturated heterocycles. The summed E-state index contributed by atoms with van der Waals surface area (Å²) in [6.45, 7) is 4.75. The van der Waals surface area contributed by atoms with Gasteiger partial charge < -0.3 is 20.6 Å².